The molecule has 3 heterocycles. The summed E-state index contributed by atoms with van der Waals surface area (Å²) in [5.41, 5.74) is 5.52. The van der Waals surface area contributed by atoms with Gasteiger partial charge in [0.15, 0.2) is 5.84 Å². The lowest BCUT2D eigenvalue weighted by molar-refractivity contribution is -0.122. The van der Waals surface area contributed by atoms with E-state index in [9.17, 15) is 9.18 Å². The smallest absolute Gasteiger partial charge is 0.262 e. The number of benzene rings is 2. The first-order valence-corrected chi connectivity index (χ1v) is 11.0. The van der Waals surface area contributed by atoms with Crippen molar-refractivity contribution in [1.82, 2.24) is 10.3 Å². The largest absolute Gasteiger partial charge is 0.483 e. The van der Waals surface area contributed by atoms with Gasteiger partial charge in [0.25, 0.3) is 5.91 Å². The Morgan fingerprint density at radius 2 is 2.00 bits per heavy atom. The van der Waals surface area contributed by atoms with E-state index in [4.69, 9.17) is 4.74 Å². The molecule has 0 bridgehead atoms. The Bertz CT molecular complexity index is 1120. The second kappa shape index (κ2) is 8.50. The van der Waals surface area contributed by atoms with E-state index in [-0.39, 0.29) is 36.3 Å². The van der Waals surface area contributed by atoms with Gasteiger partial charge in [-0.05, 0) is 46.0 Å². The minimum absolute atomic E-state index is 0. The van der Waals surface area contributed by atoms with Gasteiger partial charge in [0.1, 0.15) is 24.2 Å². The van der Waals surface area contributed by atoms with Crippen LogP contribution in [-0.2, 0) is 4.79 Å². The minimum atomic E-state index is -0.419. The number of likely N-dealkylation sites (N-methyl/N-ethyl adjacent to an activating group) is 2. The number of ether oxygens (including phenoxy) is 1. The fraction of sp³-hybridized carbons (Fsp3) is 0.417. The summed E-state index contributed by atoms with van der Waals surface area (Å²) in [5.74, 6) is 0.844. The number of hydrogen-bond acceptors (Lipinski definition) is 6. The van der Waals surface area contributed by atoms with Crippen molar-refractivity contribution in [3.8, 4) is 16.9 Å². The van der Waals surface area contributed by atoms with Crippen LogP contribution in [0.5, 0.6) is 5.75 Å². The molecule has 1 amide bonds. The van der Waals surface area contributed by atoms with Gasteiger partial charge in [0.2, 0.25) is 0 Å². The van der Waals surface area contributed by atoms with Crippen molar-refractivity contribution < 1.29 is 13.9 Å². The Morgan fingerprint density at radius 3 is 2.67 bits per heavy atom. The predicted octanol–water partition coefficient (Wildman–Crippen LogP) is 3.48. The summed E-state index contributed by atoms with van der Waals surface area (Å²) in [4.78, 5) is 18.9. The second-order valence-corrected chi connectivity index (χ2v) is 9.07. The van der Waals surface area contributed by atoms with Gasteiger partial charge in [-0.2, -0.15) is 5.10 Å². The Labute approximate surface area is 199 Å². The number of fused-ring (bicyclic) bond motifs is 3. The van der Waals surface area contributed by atoms with Crippen molar-refractivity contribution in [3.05, 3.63) is 42.2 Å². The lowest BCUT2D eigenvalue weighted by Gasteiger charge is -2.54. The standard InChI is InChI=1S/C24H28FN5O2.ClH/c1-5-29(24(3)13-28(4)14-24)19-11-20-21(10-17(19)16-8-6-7-9-18(16)25)32-12-22-26-27-23(31)15(2)30(20)22;/h6-11,15H,5,12-14H2,1-4H3,(H,27,31);1H. The zero-order valence-corrected chi connectivity index (χ0v) is 20.1. The van der Waals surface area contributed by atoms with Crippen LogP contribution in [0.15, 0.2) is 41.5 Å². The molecule has 7 nitrogen and oxygen atoms in total. The van der Waals surface area contributed by atoms with Gasteiger partial charge in [0.05, 0.1) is 11.2 Å². The van der Waals surface area contributed by atoms with Crippen LogP contribution in [0.3, 0.4) is 0 Å². The summed E-state index contributed by atoms with van der Waals surface area (Å²) in [5, 5.41) is 4.19. The number of carbonyl (C=O) groups is 1. The Kier molecular flexibility index (Phi) is 6.01. The highest BCUT2D eigenvalue weighted by atomic mass is 35.5. The average Bonchev–Trinajstić information content (AvgIpc) is 2.75. The molecule has 3 aliphatic rings. The van der Waals surface area contributed by atoms with Gasteiger partial charge in [-0.15, -0.1) is 12.4 Å². The van der Waals surface area contributed by atoms with Crippen LogP contribution >= 0.6 is 12.4 Å². The molecule has 1 atom stereocenters. The summed E-state index contributed by atoms with van der Waals surface area (Å²) in [6.45, 7) is 9.05. The van der Waals surface area contributed by atoms with Crippen LogP contribution in [0.4, 0.5) is 15.8 Å². The molecule has 3 aliphatic heterocycles. The Morgan fingerprint density at radius 1 is 1.27 bits per heavy atom. The van der Waals surface area contributed by atoms with Crippen molar-refractivity contribution in [3.63, 3.8) is 0 Å². The van der Waals surface area contributed by atoms with E-state index in [1.165, 1.54) is 6.07 Å². The van der Waals surface area contributed by atoms with Gasteiger partial charge in [-0.25, -0.2) is 9.82 Å². The van der Waals surface area contributed by atoms with E-state index in [0.29, 0.717) is 17.1 Å². The fourth-order valence-electron chi connectivity index (χ4n) is 5.31. The average molecular weight is 474 g/mol. The molecule has 33 heavy (non-hydrogen) atoms. The zero-order valence-electron chi connectivity index (χ0n) is 19.3. The molecule has 1 N–H and O–H groups in total. The maximum absolute atomic E-state index is 14.9. The first kappa shape index (κ1) is 23.3. The lowest BCUT2D eigenvalue weighted by atomic mass is 9.88. The number of nitrogens with one attached hydrogen (secondary N) is 1. The molecule has 0 radical (unpaired) electrons. The normalized spacial score (nSPS) is 20.9. The first-order valence-electron chi connectivity index (χ1n) is 11.0. The predicted molar refractivity (Wildman–Crippen MR) is 131 cm³/mol. The number of amides is 1. The van der Waals surface area contributed by atoms with E-state index in [1.807, 2.05) is 30.0 Å². The van der Waals surface area contributed by atoms with Gasteiger partial charge in [-0.3, -0.25) is 4.79 Å². The number of hydrogen-bond donors (Lipinski definition) is 1. The SMILES string of the molecule is CCN(c1cc2c(cc1-c1ccccc1F)OCC1=NNC(=O)C(C)N12)C1(C)CN(C)C1.Cl. The molecular weight excluding hydrogens is 445 g/mol. The molecule has 1 unspecified atom stereocenters. The summed E-state index contributed by atoms with van der Waals surface area (Å²) >= 11 is 0. The highest BCUT2D eigenvalue weighted by Gasteiger charge is 2.43. The number of anilines is 2. The van der Waals surface area contributed by atoms with Crippen LogP contribution in [-0.4, -0.2) is 61.5 Å². The number of nitrogens with zero attached hydrogens (tertiary/aromatic N) is 4. The minimum Gasteiger partial charge on any atom is -0.483 e. The number of rotatable bonds is 4. The van der Waals surface area contributed by atoms with Gasteiger partial charge in [-0.1, -0.05) is 18.2 Å². The van der Waals surface area contributed by atoms with E-state index >= 15 is 0 Å². The van der Waals surface area contributed by atoms with E-state index in [2.05, 4.69) is 41.2 Å². The van der Waals surface area contributed by atoms with Gasteiger partial charge < -0.3 is 19.4 Å². The molecular formula is C24H29ClFN5O2. The molecule has 0 aromatic heterocycles. The third kappa shape index (κ3) is 3.71. The van der Waals surface area contributed by atoms with Crippen molar-refractivity contribution in [2.45, 2.75) is 32.4 Å². The number of hydrazone groups is 1. The molecule has 1 saturated heterocycles. The van der Waals surface area contributed by atoms with E-state index in [0.717, 1.165) is 36.6 Å². The maximum Gasteiger partial charge on any atom is 0.262 e. The molecule has 2 aromatic rings. The van der Waals surface area contributed by atoms with Crippen LogP contribution in [0.25, 0.3) is 11.1 Å². The van der Waals surface area contributed by atoms with Crippen molar-refractivity contribution in [2.24, 2.45) is 5.10 Å². The van der Waals surface area contributed by atoms with Crippen molar-refractivity contribution in [1.29, 1.82) is 0 Å². The quantitative estimate of drug-likeness (QED) is 0.736. The monoisotopic (exact) mass is 473 g/mol. The molecule has 1 fully saturated rings. The highest BCUT2D eigenvalue weighted by Crippen LogP contribution is 2.46. The molecule has 0 spiro atoms. The number of likely N-dealkylation sites (tertiary alicyclic amines) is 1. The highest BCUT2D eigenvalue weighted by molar-refractivity contribution is 6.10. The lowest BCUT2D eigenvalue weighted by Crippen LogP contribution is -2.67. The Hall–Kier alpha value is -2.84. The number of amidine groups is 1. The third-order valence-corrected chi connectivity index (χ3v) is 6.68. The number of carbonyl (C=O) groups excluding carboxylic acids is 1. The third-order valence-electron chi connectivity index (χ3n) is 6.68. The maximum atomic E-state index is 14.9. The number of halogens is 2. The molecule has 5 rings (SSSR count). The topological polar surface area (TPSA) is 60.4 Å². The van der Waals surface area contributed by atoms with E-state index in [1.54, 1.807) is 12.1 Å². The molecule has 0 aliphatic carbocycles. The van der Waals surface area contributed by atoms with Crippen LogP contribution in [0, 0.1) is 5.82 Å². The van der Waals surface area contributed by atoms with Crippen LogP contribution in [0.1, 0.15) is 20.8 Å². The summed E-state index contributed by atoms with van der Waals surface area (Å²) in [7, 11) is 2.10. The van der Waals surface area contributed by atoms with Gasteiger partial charge in [0, 0.05) is 36.4 Å². The van der Waals surface area contributed by atoms with Crippen molar-refractivity contribution in [2.75, 3.05) is 43.1 Å². The summed E-state index contributed by atoms with van der Waals surface area (Å²) in [6.07, 6.45) is 0. The fourth-order valence-corrected chi connectivity index (χ4v) is 5.31. The zero-order chi connectivity index (χ0) is 22.6. The van der Waals surface area contributed by atoms with Crippen molar-refractivity contribution >= 4 is 35.5 Å². The molecule has 2 aromatic carbocycles. The molecule has 176 valence electrons. The Balaban J connectivity index is 0.00000259. The summed E-state index contributed by atoms with van der Waals surface area (Å²) in [6, 6.07) is 10.4. The second-order valence-electron chi connectivity index (χ2n) is 9.07. The van der Waals surface area contributed by atoms with Gasteiger partial charge >= 0.3 is 0 Å². The van der Waals surface area contributed by atoms with Crippen LogP contribution in [0.2, 0.25) is 0 Å². The van der Waals surface area contributed by atoms with E-state index < -0.39 is 6.04 Å². The summed E-state index contributed by atoms with van der Waals surface area (Å²) < 4.78 is 21.0. The first-order chi connectivity index (χ1) is 15.3. The van der Waals surface area contributed by atoms with Crippen LogP contribution < -0.4 is 20.0 Å². The molecule has 0 saturated carbocycles. The molecule has 9 heteroatoms.